The number of aromatic amines is 1. The van der Waals surface area contributed by atoms with Gasteiger partial charge in [-0.3, -0.25) is 4.79 Å². The molecule has 0 atom stereocenters. The molecule has 148 valence electrons. The molecule has 0 aliphatic heterocycles. The monoisotopic (exact) mass is 417 g/mol. The van der Waals surface area contributed by atoms with E-state index in [2.05, 4.69) is 29.0 Å². The molecular weight excluding hydrogens is 392 g/mol. The van der Waals surface area contributed by atoms with Crippen LogP contribution in [0.1, 0.15) is 18.7 Å². The van der Waals surface area contributed by atoms with E-state index in [1.165, 1.54) is 11.8 Å². The van der Waals surface area contributed by atoms with Crippen LogP contribution in [0, 0.1) is 6.92 Å². The van der Waals surface area contributed by atoms with Crippen molar-refractivity contribution in [2.75, 3.05) is 29.1 Å². The number of carbonyl (C=O) groups is 1. The van der Waals surface area contributed by atoms with Crippen LogP contribution in [0.2, 0.25) is 0 Å². The molecule has 0 saturated heterocycles. The van der Waals surface area contributed by atoms with Crippen molar-refractivity contribution >= 4 is 50.6 Å². The Labute approximate surface area is 172 Å². The fourth-order valence-corrected chi connectivity index (χ4v) is 4.79. The number of anilines is 2. The maximum absolute atomic E-state index is 12.5. The van der Waals surface area contributed by atoms with Crippen LogP contribution in [0.15, 0.2) is 40.3 Å². The lowest BCUT2D eigenvalue weighted by Crippen LogP contribution is -2.27. The minimum Gasteiger partial charge on any atom is -0.372 e. The van der Waals surface area contributed by atoms with Crippen molar-refractivity contribution in [3.05, 3.63) is 45.6 Å². The van der Waals surface area contributed by atoms with Crippen LogP contribution in [-0.4, -0.2) is 29.3 Å². The van der Waals surface area contributed by atoms with Gasteiger partial charge in [-0.1, -0.05) is 11.3 Å². The highest BCUT2D eigenvalue weighted by atomic mass is 32.2. The molecule has 1 amide bonds. The summed E-state index contributed by atoms with van der Waals surface area (Å²) in [6.45, 7) is 8.11. The quantitative estimate of drug-likeness (QED) is 0.473. The lowest BCUT2D eigenvalue weighted by Gasteiger charge is -2.21. The zero-order valence-electron chi connectivity index (χ0n) is 16.5. The van der Waals surface area contributed by atoms with Crippen molar-refractivity contribution in [1.29, 1.82) is 0 Å². The van der Waals surface area contributed by atoms with Crippen molar-refractivity contribution in [3.63, 3.8) is 0 Å². The number of nitrogens with one attached hydrogen (secondary N) is 2. The normalized spacial score (nSPS) is 11.0. The Balaban J connectivity index is 1.65. The number of nitrogens with zero attached hydrogens (tertiary/aromatic N) is 2. The van der Waals surface area contributed by atoms with Gasteiger partial charge in [-0.25, -0.2) is 9.78 Å². The highest BCUT2D eigenvalue weighted by Crippen LogP contribution is 2.21. The number of amides is 1. The number of thiophene rings is 1. The summed E-state index contributed by atoms with van der Waals surface area (Å²) in [5.74, 6) is 0.112. The Morgan fingerprint density at radius 1 is 1.25 bits per heavy atom. The first-order valence-corrected chi connectivity index (χ1v) is 11.0. The number of H-pyrrole nitrogens is 1. The summed E-state index contributed by atoms with van der Waals surface area (Å²) in [5, 5.41) is 4.27. The van der Waals surface area contributed by atoms with E-state index in [1.807, 2.05) is 37.3 Å². The summed E-state index contributed by atoms with van der Waals surface area (Å²) in [4.78, 5) is 32.2. The van der Waals surface area contributed by atoms with Gasteiger partial charge in [-0.05, 0) is 62.9 Å². The van der Waals surface area contributed by atoms with Crippen LogP contribution >= 0.6 is 23.1 Å². The second kappa shape index (κ2) is 8.79. The molecule has 0 bridgehead atoms. The summed E-state index contributed by atoms with van der Waals surface area (Å²) in [5.41, 5.74) is 1.86. The van der Waals surface area contributed by atoms with Gasteiger partial charge in [0.25, 0.3) is 0 Å². The number of hydrogen-bond donors (Lipinski definition) is 1. The molecule has 0 unspecified atom stereocenters. The maximum atomic E-state index is 12.5. The lowest BCUT2D eigenvalue weighted by molar-refractivity contribution is -0.404. The van der Waals surface area contributed by atoms with Crippen molar-refractivity contribution in [2.24, 2.45) is 7.05 Å². The van der Waals surface area contributed by atoms with Crippen molar-refractivity contribution in [1.82, 2.24) is 4.57 Å². The number of benzene rings is 1. The van der Waals surface area contributed by atoms with Crippen molar-refractivity contribution < 1.29 is 9.78 Å². The summed E-state index contributed by atoms with van der Waals surface area (Å²) in [6.07, 6.45) is 0. The molecule has 1 aromatic carbocycles. The van der Waals surface area contributed by atoms with E-state index in [9.17, 15) is 9.59 Å². The van der Waals surface area contributed by atoms with E-state index in [1.54, 1.807) is 23.0 Å². The Morgan fingerprint density at radius 2 is 1.93 bits per heavy atom. The zero-order valence-corrected chi connectivity index (χ0v) is 18.2. The largest absolute Gasteiger partial charge is 0.372 e. The highest BCUT2D eigenvalue weighted by molar-refractivity contribution is 7.99. The summed E-state index contributed by atoms with van der Waals surface area (Å²) in [7, 11) is 1.72. The third kappa shape index (κ3) is 4.39. The molecule has 3 aromatic rings. The van der Waals surface area contributed by atoms with Crippen molar-refractivity contribution in [2.45, 2.75) is 25.9 Å². The predicted molar refractivity (Wildman–Crippen MR) is 118 cm³/mol. The molecule has 0 radical (unpaired) electrons. The second-order valence-electron chi connectivity index (χ2n) is 6.45. The lowest BCUT2D eigenvalue weighted by atomic mass is 10.2. The van der Waals surface area contributed by atoms with E-state index in [0.717, 1.165) is 34.2 Å². The Morgan fingerprint density at radius 3 is 2.57 bits per heavy atom. The van der Waals surface area contributed by atoms with Gasteiger partial charge in [-0.2, -0.15) is 4.57 Å². The highest BCUT2D eigenvalue weighted by Gasteiger charge is 2.18. The van der Waals surface area contributed by atoms with Gasteiger partial charge < -0.3 is 10.2 Å². The first kappa shape index (κ1) is 20.4. The zero-order chi connectivity index (χ0) is 20.3. The average molecular weight is 418 g/mol. The number of carbonyl (C=O) groups excluding carboxylic acids is 1. The second-order valence-corrected chi connectivity index (χ2v) is 8.67. The van der Waals surface area contributed by atoms with Crippen LogP contribution < -0.4 is 20.8 Å². The fourth-order valence-electron chi connectivity index (χ4n) is 3.03. The number of hydrogen-bond acceptors (Lipinski definition) is 5. The van der Waals surface area contributed by atoms with Gasteiger partial charge in [0.2, 0.25) is 5.91 Å². The van der Waals surface area contributed by atoms with Gasteiger partial charge in [0.1, 0.15) is 5.39 Å². The number of thioether (sulfide) groups is 1. The molecule has 28 heavy (non-hydrogen) atoms. The molecule has 2 aromatic heterocycles. The van der Waals surface area contributed by atoms with E-state index in [-0.39, 0.29) is 17.2 Å². The number of fused-ring (bicyclic) bond motifs is 1. The van der Waals surface area contributed by atoms with Crippen LogP contribution in [0.4, 0.5) is 11.4 Å². The Bertz CT molecular complexity index is 1040. The fraction of sp³-hybridized carbons (Fsp3) is 0.350. The van der Waals surface area contributed by atoms with Gasteiger partial charge in [0.05, 0.1) is 12.8 Å². The van der Waals surface area contributed by atoms with Gasteiger partial charge >= 0.3 is 10.7 Å². The predicted octanol–water partition coefficient (Wildman–Crippen LogP) is 3.30. The first-order valence-electron chi connectivity index (χ1n) is 9.23. The van der Waals surface area contributed by atoms with Crippen LogP contribution in [0.3, 0.4) is 0 Å². The molecule has 6 nitrogen and oxygen atoms in total. The summed E-state index contributed by atoms with van der Waals surface area (Å²) in [6, 6.07) is 9.75. The van der Waals surface area contributed by atoms with Gasteiger partial charge in [0.15, 0.2) is 4.83 Å². The van der Waals surface area contributed by atoms with Crippen LogP contribution in [0.25, 0.3) is 10.2 Å². The molecule has 2 N–H and O–H groups in total. The van der Waals surface area contributed by atoms with E-state index >= 15 is 0 Å². The number of aryl methyl sites for hydroxylation is 1. The van der Waals surface area contributed by atoms with Crippen LogP contribution in [-0.2, 0) is 11.8 Å². The number of aromatic nitrogens is 2. The maximum Gasteiger partial charge on any atom is 0.346 e. The molecule has 2 heterocycles. The summed E-state index contributed by atoms with van der Waals surface area (Å²) < 4.78 is 1.56. The minimum absolute atomic E-state index is 0.0481. The minimum atomic E-state index is -0.108. The summed E-state index contributed by atoms with van der Waals surface area (Å²) >= 11 is 2.87. The third-order valence-corrected chi connectivity index (χ3v) is 6.56. The van der Waals surface area contributed by atoms with Gasteiger partial charge in [0, 0.05) is 29.3 Å². The molecule has 8 heteroatoms. The smallest absolute Gasteiger partial charge is 0.346 e. The van der Waals surface area contributed by atoms with E-state index in [0.29, 0.717) is 10.5 Å². The first-order chi connectivity index (χ1) is 13.4. The molecule has 0 saturated carbocycles. The van der Waals surface area contributed by atoms with Gasteiger partial charge in [-0.15, -0.1) is 0 Å². The molecule has 0 fully saturated rings. The topological polar surface area (TPSA) is 68.5 Å². The Kier molecular flexibility index (Phi) is 6.41. The molecule has 0 aliphatic rings. The molecule has 0 aliphatic carbocycles. The van der Waals surface area contributed by atoms with E-state index < -0.39 is 0 Å². The number of rotatable bonds is 7. The third-order valence-electron chi connectivity index (χ3n) is 4.54. The standard InChI is InChI=1S/C20H24N4O2S2/c1-5-24(6-2)15-9-7-14(8-10-15)21-17(25)12-27-20-22-18-16(11-13(3)28-18)19(26)23(20)4/h7-11H,5-6,12H2,1-4H3,(H,21,25)/p+1. The Hall–Kier alpha value is -2.32. The van der Waals surface area contributed by atoms with E-state index in [4.69, 9.17) is 0 Å². The molecule has 0 spiro atoms. The molecule has 3 rings (SSSR count). The van der Waals surface area contributed by atoms with Crippen molar-refractivity contribution in [3.8, 4) is 0 Å². The van der Waals surface area contributed by atoms with Crippen LogP contribution in [0.5, 0.6) is 0 Å². The SMILES string of the molecule is CCN(CC)c1ccc(NC(=O)CSc2[nH+]c3sc(C)cc3c(=O)n2C)cc1. The average Bonchev–Trinajstić information content (AvgIpc) is 3.06. The molecular formula is C20H25N4O2S2+.